The highest BCUT2D eigenvalue weighted by Gasteiger charge is 2.48. The number of carbonyl (C=O) groups excluding carboxylic acids is 16. The minimum atomic E-state index is -1.81. The molecule has 0 aliphatic carbocycles. The molecular formula is C81H113N21O19S2. The molecule has 4 saturated heterocycles. The van der Waals surface area contributed by atoms with Gasteiger partial charge in [-0.15, -0.1) is 0 Å². The number of fused-ring (bicyclic) bond motifs is 9. The maximum absolute atomic E-state index is 15.5. The molecule has 4 fully saturated rings. The van der Waals surface area contributed by atoms with Gasteiger partial charge in [-0.25, -0.2) is 4.98 Å². The molecule has 4 aliphatic heterocycles. The molecule has 0 saturated carbocycles. The lowest BCUT2D eigenvalue weighted by Crippen LogP contribution is -2.62. The van der Waals surface area contributed by atoms with E-state index in [0.717, 1.165) is 36.8 Å². The third-order valence-electron chi connectivity index (χ3n) is 21.5. The van der Waals surface area contributed by atoms with E-state index in [4.69, 9.17) is 11.5 Å². The summed E-state index contributed by atoms with van der Waals surface area (Å²) in [4.78, 5) is 262. The second-order valence-electron chi connectivity index (χ2n) is 32.9. The van der Waals surface area contributed by atoms with Crippen LogP contribution in [-0.2, 0) is 101 Å². The molecule has 7 heterocycles. The van der Waals surface area contributed by atoms with Crippen molar-refractivity contribution in [3.05, 3.63) is 90.3 Å². The van der Waals surface area contributed by atoms with E-state index in [1.807, 2.05) is 12.1 Å². The number of H-pyrrole nitrogens is 3. The molecule has 2 bridgehead atoms. The molecular weight excluding hydrogens is 1640 g/mol. The van der Waals surface area contributed by atoms with E-state index in [2.05, 4.69) is 89.1 Å². The summed E-state index contributed by atoms with van der Waals surface area (Å²) in [5.41, 5.74) is 15.0. The lowest BCUT2D eigenvalue weighted by molar-refractivity contribution is -0.149. The third-order valence-corrected chi connectivity index (χ3v) is 24.0. The van der Waals surface area contributed by atoms with Crippen molar-refractivity contribution in [3.63, 3.8) is 0 Å². The van der Waals surface area contributed by atoms with Crippen LogP contribution < -0.4 is 80.6 Å². The van der Waals surface area contributed by atoms with Crippen LogP contribution in [0, 0.1) is 17.8 Å². The summed E-state index contributed by atoms with van der Waals surface area (Å²) >= 11 is 0. The van der Waals surface area contributed by atoms with Gasteiger partial charge in [0, 0.05) is 121 Å². The Kier molecular flexibility index (Phi) is 34.4. The number of carbonyl (C=O) groups is 17. The fourth-order valence-corrected chi connectivity index (χ4v) is 17.7. The van der Waals surface area contributed by atoms with Gasteiger partial charge in [0.2, 0.25) is 94.5 Å². The highest BCUT2D eigenvalue weighted by atomic mass is 33.1. The number of aliphatic carboxylic acids is 1. The standard InChI is InChI=1S/C81H113N21O19S2/c1-39(2)22-55-71(111)87-34-66(107)92-54(19-20-67(108)109)72(112)95-56(23-40(3)4)76(116)99-68(41(5)6)79(119)97-57(25-45-32-86-53-17-12-10-15-51(45)53)74(114)98-60-37-123-122-36-49(91-73(113)59(30-63(83)104)96-78(118)62-26-46(82)35-102(62)80(120)61-18-13-21-101(61)81(121)69(43(8)103)100-77(60)117)29-64(105)89-42(7)70(110)90-47(24-44-31-85-52-16-11-9-14-50(44)52)28-65(106)93-58(75(115)94-55)27-48-33-84-38-88-48/h9-12,14-17,31-33,38-43,46-47,49,54-62,68-69,85-86,103H,13,18-30,34-37,82H2,1-8H3,(H2,83,104)(H,84,88)(H,87,111)(H,89,105)(H,90,110)(H,91,113)(H,92,107)(H,93,106)(H,94,115)(H,95,112)(H,96,118)(H,97,119)(H,98,114)(H,99,116)(H,100,117)(H,108,109)/t42-,43+,46-,47-,49+,54-,55-,56-,57-,58-,59-,60-,61+,62-,68-,69-/m0/s1. The van der Waals surface area contributed by atoms with Crippen molar-refractivity contribution in [1.29, 1.82) is 0 Å². The van der Waals surface area contributed by atoms with E-state index in [-0.39, 0.29) is 82.0 Å². The predicted octanol–water partition coefficient (Wildman–Crippen LogP) is -2.67. The molecule has 40 nitrogen and oxygen atoms in total. The minimum Gasteiger partial charge on any atom is -0.481 e. The molecule has 16 amide bonds. The van der Waals surface area contributed by atoms with Crippen molar-refractivity contribution in [2.45, 2.75) is 236 Å². The number of hydrogen-bond acceptors (Lipinski definition) is 22. The molecule has 123 heavy (non-hydrogen) atoms. The minimum absolute atomic E-state index is 0.0222. The average molecular weight is 1750 g/mol. The summed E-state index contributed by atoms with van der Waals surface area (Å²) in [6, 6.07) is -7.60. The van der Waals surface area contributed by atoms with Crippen LogP contribution in [0.4, 0.5) is 0 Å². The number of para-hydroxylation sites is 2. The number of nitrogens with zero attached hydrogens (tertiary/aromatic N) is 3. The first-order chi connectivity index (χ1) is 58.4. The number of rotatable bonds is 17. The van der Waals surface area contributed by atoms with Crippen LogP contribution in [0.25, 0.3) is 21.8 Å². The molecule has 4 aliphatic rings. The van der Waals surface area contributed by atoms with E-state index in [1.165, 1.54) is 26.4 Å². The normalized spacial score (nSPS) is 27.0. The number of carboxylic acid groups (broad SMARTS) is 1. The highest BCUT2D eigenvalue weighted by molar-refractivity contribution is 8.76. The number of aliphatic hydroxyl groups is 1. The van der Waals surface area contributed by atoms with Crippen LogP contribution in [0.15, 0.2) is 73.4 Å². The van der Waals surface area contributed by atoms with Crippen LogP contribution >= 0.6 is 21.6 Å². The van der Waals surface area contributed by atoms with Gasteiger partial charge in [0.25, 0.3) is 0 Å². The number of aromatic nitrogens is 4. The SMILES string of the molecule is CC(C)C[C@@H]1NC(=O)[C@H](Cc2cnc[nH]2)NC(=O)C[C@H](Cc2c[nH]c3ccccc23)NC(=O)[C@H](C)NC(=O)C[C@@H]2CSSC[C@H](NC(=O)[C@H](Cc3c[nH]c4ccccc34)NC(=O)[C@H](C(C)C)NC(=O)[C@H](CC(C)C)NC(=O)[C@H](CCC(=O)O)NC(=O)CNC1=O)C(=O)N[C@@H]([C@@H](C)O)C(=O)N1CCC[C@@H]1C(=O)N1C[C@@H](N)C[C@H]1C(=O)N[C@@H](CC(N)=O)C(=O)N2. The maximum Gasteiger partial charge on any atom is 0.303 e. The van der Waals surface area contributed by atoms with E-state index >= 15 is 14.4 Å². The predicted molar refractivity (Wildman–Crippen MR) is 451 cm³/mol. The zero-order valence-electron chi connectivity index (χ0n) is 69.8. The van der Waals surface area contributed by atoms with Crippen molar-refractivity contribution in [3.8, 4) is 0 Å². The van der Waals surface area contributed by atoms with Crippen LogP contribution in [0.2, 0.25) is 0 Å². The first-order valence-corrected chi connectivity index (χ1v) is 43.6. The summed E-state index contributed by atoms with van der Waals surface area (Å²) < 4.78 is 0. The van der Waals surface area contributed by atoms with Crippen molar-refractivity contribution in [2.24, 2.45) is 29.2 Å². The Morgan fingerprint density at radius 2 is 1.11 bits per heavy atom. The highest BCUT2D eigenvalue weighted by Crippen LogP contribution is 2.29. The van der Waals surface area contributed by atoms with Crippen molar-refractivity contribution >= 4 is 144 Å². The summed E-state index contributed by atoms with van der Waals surface area (Å²) in [6.45, 7) is 11.5. The summed E-state index contributed by atoms with van der Waals surface area (Å²) in [5.74, 6) is -18.5. The Morgan fingerprint density at radius 1 is 0.545 bits per heavy atom. The quantitative estimate of drug-likeness (QED) is 0.0422. The van der Waals surface area contributed by atoms with Crippen molar-refractivity contribution in [2.75, 3.05) is 31.1 Å². The van der Waals surface area contributed by atoms with Gasteiger partial charge >= 0.3 is 5.97 Å². The Labute approximate surface area is 717 Å². The lowest BCUT2D eigenvalue weighted by Gasteiger charge is -2.34. The first kappa shape index (κ1) is 95.2. The molecule has 5 aromatic rings. The van der Waals surface area contributed by atoms with Crippen molar-refractivity contribution in [1.82, 2.24) is 98.9 Å². The number of aliphatic hydroxyl groups excluding tert-OH is 1. The van der Waals surface area contributed by atoms with Gasteiger partial charge < -0.3 is 116 Å². The van der Waals surface area contributed by atoms with Gasteiger partial charge in [-0.1, -0.05) is 99.5 Å². The molecule has 9 rings (SSSR count). The van der Waals surface area contributed by atoms with Crippen LogP contribution in [0.5, 0.6) is 0 Å². The Hall–Kier alpha value is -11.7. The number of carboxylic acids is 1. The monoisotopic (exact) mass is 1750 g/mol. The fraction of sp³-hybridized carbons (Fsp3) is 0.556. The number of benzene rings is 2. The van der Waals surface area contributed by atoms with Gasteiger partial charge in [0.15, 0.2) is 0 Å². The summed E-state index contributed by atoms with van der Waals surface area (Å²) in [6.07, 6.45) is 0.608. The lowest BCUT2D eigenvalue weighted by atomic mass is 9.98. The number of nitrogens with two attached hydrogens (primary N) is 2. The van der Waals surface area contributed by atoms with E-state index in [9.17, 15) is 77.3 Å². The van der Waals surface area contributed by atoms with E-state index in [1.54, 1.807) is 90.3 Å². The fourth-order valence-electron chi connectivity index (χ4n) is 15.3. The van der Waals surface area contributed by atoms with Crippen molar-refractivity contribution < 1.29 is 91.7 Å². The topological polar surface area (TPSA) is 606 Å². The number of hydrogen-bond donors (Lipinski definition) is 20. The number of nitrogens with one attached hydrogen (secondary N) is 16. The van der Waals surface area contributed by atoms with Gasteiger partial charge in [-0.2, -0.15) is 0 Å². The number of primary amides is 1. The zero-order chi connectivity index (χ0) is 89.6. The largest absolute Gasteiger partial charge is 0.481 e. The van der Waals surface area contributed by atoms with Gasteiger partial charge in [0.1, 0.15) is 72.5 Å². The molecule has 0 radical (unpaired) electrons. The number of amides is 16. The molecule has 2 aromatic carbocycles. The van der Waals surface area contributed by atoms with E-state index in [0.29, 0.717) is 33.2 Å². The average Bonchev–Trinajstić information content (AvgIpc) is 1.68. The second kappa shape index (κ2) is 44.4. The third kappa shape index (κ3) is 27.2. The molecule has 668 valence electrons. The number of imidazole rings is 1. The van der Waals surface area contributed by atoms with Gasteiger partial charge in [0.05, 0.1) is 25.4 Å². The van der Waals surface area contributed by atoms with Crippen LogP contribution in [0.1, 0.15) is 136 Å². The van der Waals surface area contributed by atoms with Gasteiger partial charge in [-0.3, -0.25) is 81.5 Å². The Balaban J connectivity index is 1.11. The Morgan fingerprint density at radius 3 is 1.72 bits per heavy atom. The number of aromatic amines is 3. The Bertz CT molecular complexity index is 4670. The second-order valence-corrected chi connectivity index (χ2v) is 35.4. The first-order valence-electron chi connectivity index (χ1n) is 41.2. The maximum atomic E-state index is 15.5. The molecule has 0 spiro atoms. The molecule has 16 atom stereocenters. The van der Waals surface area contributed by atoms with E-state index < -0.39 is 248 Å². The smallest absolute Gasteiger partial charge is 0.303 e. The molecule has 0 unspecified atom stereocenters. The molecule has 42 heteroatoms. The molecule has 22 N–H and O–H groups in total. The van der Waals surface area contributed by atoms with Crippen LogP contribution in [0.3, 0.4) is 0 Å². The zero-order valence-corrected chi connectivity index (χ0v) is 71.4. The van der Waals surface area contributed by atoms with Crippen LogP contribution in [-0.4, -0.2) is 268 Å². The summed E-state index contributed by atoms with van der Waals surface area (Å²) in [7, 11) is 1.81. The summed E-state index contributed by atoms with van der Waals surface area (Å²) in [5, 5.41) is 57.2. The van der Waals surface area contributed by atoms with Gasteiger partial charge in [-0.05, 0) is 99.8 Å². The molecule has 3 aromatic heterocycles.